The van der Waals surface area contributed by atoms with Crippen LogP contribution < -0.4 is 10.5 Å². The Kier molecular flexibility index (Phi) is 6.15. The van der Waals surface area contributed by atoms with Crippen molar-refractivity contribution in [3.63, 3.8) is 0 Å². The maximum absolute atomic E-state index is 13.6. The number of rotatable bonds is 6. The van der Waals surface area contributed by atoms with Crippen molar-refractivity contribution in [2.45, 2.75) is 30.7 Å². The first-order valence-electron chi connectivity index (χ1n) is 5.65. The summed E-state index contributed by atoms with van der Waals surface area (Å²) in [5.74, 6) is -0.987. The summed E-state index contributed by atoms with van der Waals surface area (Å²) < 4.78 is 40.2. The number of hydrogen-bond donors (Lipinski definition) is 2. The lowest BCUT2D eigenvalue weighted by Gasteiger charge is -2.17. The number of nitrogens with one attached hydrogen (secondary N) is 1. The predicted octanol–water partition coefficient (Wildman–Crippen LogP) is 2.87. The quantitative estimate of drug-likeness (QED) is 0.605. The fourth-order valence-corrected chi connectivity index (χ4v) is 3.76. The van der Waals surface area contributed by atoms with E-state index in [1.54, 1.807) is 0 Å². The topological polar surface area (TPSA) is 72.2 Å². The molecule has 0 heterocycles. The Labute approximate surface area is 132 Å². The molecule has 0 bridgehead atoms. The first kappa shape index (κ1) is 17.6. The lowest BCUT2D eigenvalue weighted by molar-refractivity contribution is 0.564. The van der Waals surface area contributed by atoms with Crippen molar-refractivity contribution in [3.05, 3.63) is 28.0 Å². The Bertz CT molecular complexity index is 623. The van der Waals surface area contributed by atoms with Crippen LogP contribution in [0.25, 0.3) is 0 Å². The first-order valence-corrected chi connectivity index (χ1v) is 8.30. The van der Waals surface area contributed by atoms with E-state index in [-0.39, 0.29) is 10.0 Å². The van der Waals surface area contributed by atoms with Crippen LogP contribution in [0.5, 0.6) is 0 Å². The Morgan fingerprint density at radius 2 is 2.10 bits per heavy atom. The molecule has 0 saturated carbocycles. The van der Waals surface area contributed by atoms with Crippen LogP contribution in [0.15, 0.2) is 17.0 Å². The standard InChI is InChI=1S/C11H13Cl2FN2O2S2/c1-2-3-7(11(15)19)16-20(17,18)8-5-4-6(12)10(14)9(8)13/h4-5,7,16H,2-3H2,1H3,(H2,15,19). The minimum absolute atomic E-state index is 0.0148. The molecule has 0 aliphatic heterocycles. The average Bonchev–Trinajstić information content (AvgIpc) is 2.34. The van der Waals surface area contributed by atoms with Crippen molar-refractivity contribution in [3.8, 4) is 0 Å². The van der Waals surface area contributed by atoms with Crippen molar-refractivity contribution in [2.24, 2.45) is 5.73 Å². The molecule has 1 unspecified atom stereocenters. The van der Waals surface area contributed by atoms with Gasteiger partial charge in [0.15, 0.2) is 5.82 Å². The monoisotopic (exact) mass is 358 g/mol. The van der Waals surface area contributed by atoms with Gasteiger partial charge in [-0.1, -0.05) is 48.8 Å². The van der Waals surface area contributed by atoms with Crippen LogP contribution >= 0.6 is 35.4 Å². The van der Waals surface area contributed by atoms with Gasteiger partial charge >= 0.3 is 0 Å². The fourth-order valence-electron chi connectivity index (χ4n) is 1.51. The van der Waals surface area contributed by atoms with E-state index < -0.39 is 31.8 Å². The highest BCUT2D eigenvalue weighted by Crippen LogP contribution is 2.29. The van der Waals surface area contributed by atoms with Crippen LogP contribution in [0.4, 0.5) is 4.39 Å². The molecular weight excluding hydrogens is 346 g/mol. The molecular formula is C11H13Cl2FN2O2S2. The van der Waals surface area contributed by atoms with Gasteiger partial charge in [-0.25, -0.2) is 17.5 Å². The average molecular weight is 359 g/mol. The van der Waals surface area contributed by atoms with Crippen molar-refractivity contribution < 1.29 is 12.8 Å². The molecule has 4 nitrogen and oxygen atoms in total. The molecule has 20 heavy (non-hydrogen) atoms. The highest BCUT2D eigenvalue weighted by Gasteiger charge is 2.25. The number of thiocarbonyl (C=S) groups is 1. The molecule has 9 heteroatoms. The molecule has 112 valence electrons. The second kappa shape index (κ2) is 7.00. The summed E-state index contributed by atoms with van der Waals surface area (Å²) in [6.45, 7) is 1.86. The normalized spacial score (nSPS) is 13.2. The summed E-state index contributed by atoms with van der Waals surface area (Å²) in [5, 5.41) is -0.823. The molecule has 0 aliphatic rings. The SMILES string of the molecule is CCCC(NS(=O)(=O)c1ccc(Cl)c(F)c1Cl)C(N)=S. The molecule has 0 spiro atoms. The highest BCUT2D eigenvalue weighted by molar-refractivity contribution is 7.89. The largest absolute Gasteiger partial charge is 0.392 e. The van der Waals surface area contributed by atoms with Gasteiger partial charge in [-0.3, -0.25) is 0 Å². The van der Waals surface area contributed by atoms with Gasteiger partial charge in [0.1, 0.15) is 4.90 Å². The summed E-state index contributed by atoms with van der Waals surface area (Å²) in [7, 11) is -4.04. The van der Waals surface area contributed by atoms with Gasteiger partial charge in [-0.05, 0) is 18.6 Å². The lowest BCUT2D eigenvalue weighted by Crippen LogP contribution is -2.43. The van der Waals surface area contributed by atoms with Crippen molar-refractivity contribution in [2.75, 3.05) is 0 Å². The molecule has 3 N–H and O–H groups in total. The Hall–Kier alpha value is -0.470. The Balaban J connectivity index is 3.17. The van der Waals surface area contributed by atoms with Crippen LogP contribution in [-0.2, 0) is 10.0 Å². The Morgan fingerprint density at radius 1 is 1.50 bits per heavy atom. The van der Waals surface area contributed by atoms with Crippen molar-refractivity contribution in [1.29, 1.82) is 0 Å². The molecule has 1 aromatic carbocycles. The maximum atomic E-state index is 13.6. The van der Waals surface area contributed by atoms with Crippen LogP contribution in [0.3, 0.4) is 0 Å². The van der Waals surface area contributed by atoms with E-state index in [2.05, 4.69) is 4.72 Å². The molecule has 0 amide bonds. The third-order valence-electron chi connectivity index (χ3n) is 2.51. The van der Waals surface area contributed by atoms with Gasteiger partial charge in [-0.15, -0.1) is 0 Å². The zero-order valence-electron chi connectivity index (χ0n) is 10.5. The number of hydrogen-bond acceptors (Lipinski definition) is 3. The van der Waals surface area contributed by atoms with Crippen LogP contribution in [0.1, 0.15) is 19.8 Å². The summed E-state index contributed by atoms with van der Waals surface area (Å²) in [4.78, 5) is -0.389. The van der Waals surface area contributed by atoms with E-state index in [1.165, 1.54) is 0 Å². The molecule has 0 radical (unpaired) electrons. The van der Waals surface area contributed by atoms with E-state index in [9.17, 15) is 12.8 Å². The summed E-state index contributed by atoms with van der Waals surface area (Å²) >= 11 is 16.0. The molecule has 0 aliphatic carbocycles. The van der Waals surface area contributed by atoms with Crippen LogP contribution in [-0.4, -0.2) is 19.4 Å². The van der Waals surface area contributed by atoms with Gasteiger partial charge in [0, 0.05) is 0 Å². The van der Waals surface area contributed by atoms with Crippen molar-refractivity contribution in [1.82, 2.24) is 4.72 Å². The summed E-state index contributed by atoms with van der Waals surface area (Å²) in [6.07, 6.45) is 1.11. The molecule has 0 aromatic heterocycles. The number of nitrogens with two attached hydrogens (primary N) is 1. The smallest absolute Gasteiger partial charge is 0.242 e. The molecule has 0 saturated heterocycles. The minimum atomic E-state index is -4.04. The highest BCUT2D eigenvalue weighted by atomic mass is 35.5. The van der Waals surface area contributed by atoms with E-state index in [1.807, 2.05) is 6.92 Å². The third kappa shape index (κ3) is 4.02. The summed E-state index contributed by atoms with van der Waals surface area (Å²) in [5.41, 5.74) is 5.48. The second-order valence-corrected chi connectivity index (χ2v) is 6.98. The van der Waals surface area contributed by atoms with Crippen LogP contribution in [0, 0.1) is 5.82 Å². The molecule has 1 atom stereocenters. The first-order chi connectivity index (χ1) is 9.20. The van der Waals surface area contributed by atoms with Gasteiger partial charge in [0.2, 0.25) is 10.0 Å². The second-order valence-electron chi connectivity index (χ2n) is 4.04. The number of halogens is 3. The van der Waals surface area contributed by atoms with E-state index in [4.69, 9.17) is 41.2 Å². The van der Waals surface area contributed by atoms with E-state index in [0.717, 1.165) is 12.1 Å². The fraction of sp³-hybridized carbons (Fsp3) is 0.364. The van der Waals surface area contributed by atoms with E-state index in [0.29, 0.717) is 12.8 Å². The zero-order chi connectivity index (χ0) is 15.5. The number of benzene rings is 1. The van der Waals surface area contributed by atoms with Gasteiger partial charge in [-0.2, -0.15) is 0 Å². The lowest BCUT2D eigenvalue weighted by atomic mass is 10.2. The van der Waals surface area contributed by atoms with Crippen LogP contribution in [0.2, 0.25) is 10.0 Å². The van der Waals surface area contributed by atoms with Gasteiger partial charge in [0.25, 0.3) is 0 Å². The number of sulfonamides is 1. The van der Waals surface area contributed by atoms with Gasteiger partial charge in [0.05, 0.1) is 21.1 Å². The summed E-state index contributed by atoms with van der Waals surface area (Å²) in [6, 6.07) is 1.53. The predicted molar refractivity (Wildman–Crippen MR) is 82.2 cm³/mol. The van der Waals surface area contributed by atoms with Gasteiger partial charge < -0.3 is 5.73 Å². The molecule has 0 fully saturated rings. The minimum Gasteiger partial charge on any atom is -0.392 e. The third-order valence-corrected chi connectivity index (χ3v) is 5.08. The maximum Gasteiger partial charge on any atom is 0.242 e. The Morgan fingerprint density at radius 3 is 2.60 bits per heavy atom. The van der Waals surface area contributed by atoms with E-state index >= 15 is 0 Å². The zero-order valence-corrected chi connectivity index (χ0v) is 13.6. The van der Waals surface area contributed by atoms with Crippen molar-refractivity contribution >= 4 is 50.4 Å². The molecule has 1 aromatic rings. The molecule has 1 rings (SSSR count).